The highest BCUT2D eigenvalue weighted by molar-refractivity contribution is 7.99. The number of hydrogen-bond acceptors (Lipinski definition) is 7. The molecule has 1 heterocycles. The van der Waals surface area contributed by atoms with Gasteiger partial charge in [0.05, 0.1) is 12.4 Å². The summed E-state index contributed by atoms with van der Waals surface area (Å²) in [5.74, 6) is -1.01. The van der Waals surface area contributed by atoms with Gasteiger partial charge in [0, 0.05) is 26.6 Å². The maximum absolute atomic E-state index is 11.6. The van der Waals surface area contributed by atoms with E-state index in [1.54, 1.807) is 11.7 Å². The van der Waals surface area contributed by atoms with Crippen molar-refractivity contribution in [2.45, 2.75) is 24.7 Å². The lowest BCUT2D eigenvalue weighted by molar-refractivity contribution is -0.134. The number of carboxylic acid groups (broad SMARTS) is 1. The Hall–Kier alpha value is -1.65. The van der Waals surface area contributed by atoms with E-state index >= 15 is 0 Å². The van der Waals surface area contributed by atoms with Crippen LogP contribution in [0.3, 0.4) is 0 Å². The highest BCUT2D eigenvalue weighted by Crippen LogP contribution is 2.17. The summed E-state index contributed by atoms with van der Waals surface area (Å²) >= 11 is 0.991. The predicted molar refractivity (Wildman–Crippen MR) is 73.8 cm³/mol. The number of carboxylic acids is 1. The standard InChI is InChI=1S/C11H18N4O5S/c1-20-5-3-12-9(17)2-4-15-8(6-16)13-14-11(15)21-7-10(18)19/h16H,2-7H2,1H3,(H,12,17)(H,18,19). The zero-order valence-corrected chi connectivity index (χ0v) is 12.4. The first kappa shape index (κ1) is 17.4. The van der Waals surface area contributed by atoms with Gasteiger partial charge in [-0.15, -0.1) is 10.2 Å². The highest BCUT2D eigenvalue weighted by Gasteiger charge is 2.14. The molecule has 0 aliphatic heterocycles. The number of nitrogens with zero attached hydrogens (tertiary/aromatic N) is 3. The SMILES string of the molecule is COCCNC(=O)CCn1c(CO)nnc1SCC(=O)O. The molecule has 1 aromatic heterocycles. The smallest absolute Gasteiger partial charge is 0.313 e. The summed E-state index contributed by atoms with van der Waals surface area (Å²) < 4.78 is 6.37. The van der Waals surface area contributed by atoms with E-state index in [0.29, 0.717) is 24.1 Å². The van der Waals surface area contributed by atoms with E-state index in [4.69, 9.17) is 9.84 Å². The molecule has 1 aromatic rings. The normalized spacial score (nSPS) is 10.6. The van der Waals surface area contributed by atoms with E-state index in [1.807, 2.05) is 0 Å². The first-order valence-corrected chi connectivity index (χ1v) is 7.20. The minimum Gasteiger partial charge on any atom is -0.481 e. The number of thioether (sulfide) groups is 1. The molecule has 1 amide bonds. The maximum Gasteiger partial charge on any atom is 0.313 e. The summed E-state index contributed by atoms with van der Waals surface area (Å²) in [6.45, 7) is 0.792. The van der Waals surface area contributed by atoms with Crippen LogP contribution in [0, 0.1) is 0 Å². The number of rotatable bonds is 10. The number of ether oxygens (including phenoxy) is 1. The van der Waals surface area contributed by atoms with E-state index in [0.717, 1.165) is 11.8 Å². The Morgan fingerprint density at radius 1 is 1.43 bits per heavy atom. The number of methoxy groups -OCH3 is 1. The summed E-state index contributed by atoms with van der Waals surface area (Å²) in [6, 6.07) is 0. The van der Waals surface area contributed by atoms with Gasteiger partial charge >= 0.3 is 5.97 Å². The molecule has 0 aliphatic carbocycles. The fourth-order valence-electron chi connectivity index (χ4n) is 1.49. The van der Waals surface area contributed by atoms with Gasteiger partial charge < -0.3 is 24.8 Å². The van der Waals surface area contributed by atoms with Gasteiger partial charge in [-0.05, 0) is 0 Å². The summed E-state index contributed by atoms with van der Waals surface area (Å²) in [5.41, 5.74) is 0. The Bertz CT molecular complexity index is 479. The van der Waals surface area contributed by atoms with Crippen LogP contribution in [-0.2, 0) is 27.5 Å². The van der Waals surface area contributed by atoms with Gasteiger partial charge in [-0.3, -0.25) is 9.59 Å². The van der Waals surface area contributed by atoms with Gasteiger partial charge in [0.15, 0.2) is 11.0 Å². The number of aliphatic hydroxyl groups excluding tert-OH is 1. The molecule has 0 aliphatic rings. The average Bonchev–Trinajstić information content (AvgIpc) is 2.85. The minimum absolute atomic E-state index is 0.163. The molecule has 0 saturated carbocycles. The third-order valence-corrected chi connectivity index (χ3v) is 3.40. The van der Waals surface area contributed by atoms with Crippen molar-refractivity contribution < 1.29 is 24.5 Å². The van der Waals surface area contributed by atoms with E-state index < -0.39 is 5.97 Å². The second-order valence-electron chi connectivity index (χ2n) is 3.98. The Morgan fingerprint density at radius 3 is 2.81 bits per heavy atom. The molecule has 0 radical (unpaired) electrons. The van der Waals surface area contributed by atoms with Crippen molar-refractivity contribution >= 4 is 23.6 Å². The van der Waals surface area contributed by atoms with Crippen LogP contribution < -0.4 is 5.32 Å². The minimum atomic E-state index is -0.975. The molecule has 0 fully saturated rings. The van der Waals surface area contributed by atoms with E-state index in [-0.39, 0.29) is 31.2 Å². The second-order valence-corrected chi connectivity index (χ2v) is 4.93. The lowest BCUT2D eigenvalue weighted by Crippen LogP contribution is -2.28. The van der Waals surface area contributed by atoms with Gasteiger partial charge in [-0.25, -0.2) is 0 Å². The Morgan fingerprint density at radius 2 is 2.19 bits per heavy atom. The molecule has 0 atom stereocenters. The van der Waals surface area contributed by atoms with Gasteiger partial charge in [-0.1, -0.05) is 11.8 Å². The lowest BCUT2D eigenvalue weighted by atomic mass is 10.4. The van der Waals surface area contributed by atoms with Crippen molar-refractivity contribution in [3.8, 4) is 0 Å². The Labute approximate surface area is 125 Å². The van der Waals surface area contributed by atoms with Crippen molar-refractivity contribution in [1.29, 1.82) is 0 Å². The molecule has 3 N–H and O–H groups in total. The zero-order valence-electron chi connectivity index (χ0n) is 11.6. The molecule has 0 saturated heterocycles. The molecule has 0 unspecified atom stereocenters. The third-order valence-electron chi connectivity index (χ3n) is 2.45. The molecule has 118 valence electrons. The first-order chi connectivity index (χ1) is 10.1. The number of amides is 1. The Kier molecular flexibility index (Phi) is 7.72. The topological polar surface area (TPSA) is 127 Å². The van der Waals surface area contributed by atoms with Crippen LogP contribution in [-0.4, -0.2) is 62.9 Å². The summed E-state index contributed by atoms with van der Waals surface area (Å²) in [7, 11) is 1.54. The van der Waals surface area contributed by atoms with E-state index in [2.05, 4.69) is 15.5 Å². The second kappa shape index (κ2) is 9.32. The van der Waals surface area contributed by atoms with Crippen LogP contribution in [0.5, 0.6) is 0 Å². The monoisotopic (exact) mass is 318 g/mol. The summed E-state index contributed by atoms with van der Waals surface area (Å²) in [4.78, 5) is 22.2. The van der Waals surface area contributed by atoms with Crippen LogP contribution in [0.4, 0.5) is 0 Å². The highest BCUT2D eigenvalue weighted by atomic mass is 32.2. The Balaban J connectivity index is 2.57. The van der Waals surface area contributed by atoms with Crippen molar-refractivity contribution in [1.82, 2.24) is 20.1 Å². The summed E-state index contributed by atoms with van der Waals surface area (Å²) in [6.07, 6.45) is 0.176. The van der Waals surface area contributed by atoms with Crippen molar-refractivity contribution in [2.75, 3.05) is 26.0 Å². The number of hydrogen-bond donors (Lipinski definition) is 3. The molecular weight excluding hydrogens is 300 g/mol. The quantitative estimate of drug-likeness (QED) is 0.374. The predicted octanol–water partition coefficient (Wildman–Crippen LogP) is -0.900. The fraction of sp³-hybridized carbons (Fsp3) is 0.636. The van der Waals surface area contributed by atoms with E-state index in [1.165, 1.54) is 0 Å². The largest absolute Gasteiger partial charge is 0.481 e. The van der Waals surface area contributed by atoms with Crippen LogP contribution >= 0.6 is 11.8 Å². The number of aromatic nitrogens is 3. The molecule has 21 heavy (non-hydrogen) atoms. The summed E-state index contributed by atoms with van der Waals surface area (Å²) in [5, 5.41) is 28.5. The molecule has 10 heteroatoms. The van der Waals surface area contributed by atoms with Gasteiger partial charge in [-0.2, -0.15) is 0 Å². The van der Waals surface area contributed by atoms with Crippen molar-refractivity contribution in [2.24, 2.45) is 0 Å². The number of carbonyl (C=O) groups is 2. The van der Waals surface area contributed by atoms with Crippen molar-refractivity contribution in [3.05, 3.63) is 5.82 Å². The fourth-order valence-corrected chi connectivity index (χ4v) is 2.19. The van der Waals surface area contributed by atoms with Crippen LogP contribution in [0.25, 0.3) is 0 Å². The molecule has 1 rings (SSSR count). The van der Waals surface area contributed by atoms with Crippen LogP contribution in [0.2, 0.25) is 0 Å². The molecule has 0 spiro atoms. The molecule has 9 nitrogen and oxygen atoms in total. The number of aliphatic hydroxyl groups is 1. The first-order valence-electron chi connectivity index (χ1n) is 6.21. The van der Waals surface area contributed by atoms with Gasteiger partial charge in [0.1, 0.15) is 6.61 Å². The lowest BCUT2D eigenvalue weighted by Gasteiger charge is -2.09. The molecule has 0 bridgehead atoms. The van der Waals surface area contributed by atoms with E-state index in [9.17, 15) is 14.7 Å². The van der Waals surface area contributed by atoms with Crippen molar-refractivity contribution in [3.63, 3.8) is 0 Å². The average molecular weight is 318 g/mol. The number of aliphatic carboxylic acids is 1. The maximum atomic E-state index is 11.6. The van der Waals surface area contributed by atoms with Crippen LogP contribution in [0.15, 0.2) is 5.16 Å². The number of nitrogens with one attached hydrogen (secondary N) is 1. The van der Waals surface area contributed by atoms with Crippen LogP contribution in [0.1, 0.15) is 12.2 Å². The molecule has 0 aromatic carbocycles. The van der Waals surface area contributed by atoms with Gasteiger partial charge in [0.25, 0.3) is 0 Å². The van der Waals surface area contributed by atoms with Gasteiger partial charge in [0.2, 0.25) is 5.91 Å². The zero-order chi connectivity index (χ0) is 15.7. The number of carbonyl (C=O) groups excluding carboxylic acids is 1. The molecular formula is C11H18N4O5S. The third kappa shape index (κ3) is 6.10.